The van der Waals surface area contributed by atoms with Crippen LogP contribution in [0, 0.1) is 6.92 Å². The zero-order valence-electron chi connectivity index (χ0n) is 21.5. The number of carbonyl (C=O) groups is 2. The Morgan fingerprint density at radius 3 is 2.38 bits per heavy atom. The monoisotopic (exact) mass is 500 g/mol. The summed E-state index contributed by atoms with van der Waals surface area (Å²) in [6, 6.07) is 16.0. The van der Waals surface area contributed by atoms with Gasteiger partial charge < -0.3 is 15.5 Å². The summed E-state index contributed by atoms with van der Waals surface area (Å²) in [5, 5.41) is 14.3. The molecule has 37 heavy (non-hydrogen) atoms. The molecule has 5 rings (SSSR count). The lowest BCUT2D eigenvalue weighted by Crippen LogP contribution is -2.50. The van der Waals surface area contributed by atoms with Crippen molar-refractivity contribution >= 4 is 11.8 Å². The summed E-state index contributed by atoms with van der Waals surface area (Å²) in [7, 11) is 0. The van der Waals surface area contributed by atoms with E-state index in [1.165, 1.54) is 11.1 Å². The van der Waals surface area contributed by atoms with Gasteiger partial charge in [-0.3, -0.25) is 14.2 Å². The second-order valence-electron chi connectivity index (χ2n) is 10.3. The Hall–Kier alpha value is -3.52. The van der Waals surface area contributed by atoms with Crippen LogP contribution in [0.2, 0.25) is 0 Å². The molecule has 2 aromatic carbocycles. The zero-order chi connectivity index (χ0) is 25.6. The van der Waals surface area contributed by atoms with Gasteiger partial charge in [0.2, 0.25) is 5.91 Å². The van der Waals surface area contributed by atoms with Gasteiger partial charge in [-0.25, -0.2) is 0 Å². The lowest BCUT2D eigenvalue weighted by Gasteiger charge is -2.31. The van der Waals surface area contributed by atoms with Crippen molar-refractivity contribution < 1.29 is 9.59 Å². The highest BCUT2D eigenvalue weighted by Crippen LogP contribution is 2.40. The molecule has 3 atom stereocenters. The largest absolute Gasteiger partial charge is 0.341 e. The second-order valence-corrected chi connectivity index (χ2v) is 10.3. The van der Waals surface area contributed by atoms with E-state index in [1.54, 1.807) is 29.4 Å². The highest BCUT2D eigenvalue weighted by Gasteiger charge is 2.37. The lowest BCUT2D eigenvalue weighted by molar-refractivity contribution is -0.134. The van der Waals surface area contributed by atoms with Gasteiger partial charge in [0.05, 0.1) is 0 Å². The zero-order valence-corrected chi connectivity index (χ0v) is 21.5. The molecule has 1 saturated carbocycles. The number of benzene rings is 2. The third-order valence-corrected chi connectivity index (χ3v) is 7.49. The maximum atomic E-state index is 13.4. The Morgan fingerprint density at radius 2 is 1.68 bits per heavy atom. The number of aromatic nitrogens is 3. The topological polar surface area (TPSA) is 92.1 Å². The first-order chi connectivity index (χ1) is 18.1. The van der Waals surface area contributed by atoms with Crippen molar-refractivity contribution in [2.45, 2.75) is 63.5 Å². The van der Waals surface area contributed by atoms with Crippen LogP contribution in [0.4, 0.5) is 0 Å². The molecule has 0 radical (unpaired) electrons. The van der Waals surface area contributed by atoms with Crippen molar-refractivity contribution in [3.8, 4) is 5.69 Å². The van der Waals surface area contributed by atoms with Crippen LogP contribution in [0.5, 0.6) is 0 Å². The molecular weight excluding hydrogens is 464 g/mol. The first kappa shape index (κ1) is 25.1. The normalized spacial score (nSPS) is 19.9. The van der Waals surface area contributed by atoms with E-state index in [4.69, 9.17) is 0 Å². The molecule has 8 heteroatoms. The highest BCUT2D eigenvalue weighted by molar-refractivity contribution is 5.97. The SMILES string of the molecule is Cc1ccc([C@@H]2C[C@H]2NCCC[C@H](NC(=O)c2ccc(-n3cnnc3)cc2)C(=O)N2CCCCC2)cc1. The molecule has 3 aromatic rings. The number of likely N-dealkylation sites (tertiary alicyclic amines) is 1. The number of hydrogen-bond acceptors (Lipinski definition) is 5. The van der Waals surface area contributed by atoms with Crippen molar-refractivity contribution in [1.29, 1.82) is 0 Å². The molecule has 2 heterocycles. The molecule has 2 fully saturated rings. The quantitative estimate of drug-likeness (QED) is 0.415. The summed E-state index contributed by atoms with van der Waals surface area (Å²) in [4.78, 5) is 28.4. The van der Waals surface area contributed by atoms with Crippen LogP contribution in [0.1, 0.15) is 65.9 Å². The van der Waals surface area contributed by atoms with E-state index >= 15 is 0 Å². The van der Waals surface area contributed by atoms with E-state index in [0.29, 0.717) is 23.9 Å². The number of hydrogen-bond donors (Lipinski definition) is 2. The van der Waals surface area contributed by atoms with Gasteiger partial charge in [0.1, 0.15) is 18.7 Å². The van der Waals surface area contributed by atoms with E-state index in [1.807, 2.05) is 17.0 Å². The summed E-state index contributed by atoms with van der Waals surface area (Å²) < 4.78 is 1.78. The number of amides is 2. The Kier molecular flexibility index (Phi) is 7.94. The molecule has 194 valence electrons. The Balaban J connectivity index is 1.16. The minimum absolute atomic E-state index is 0.0399. The molecule has 1 aliphatic heterocycles. The highest BCUT2D eigenvalue weighted by atomic mass is 16.2. The number of piperidine rings is 1. The third kappa shape index (κ3) is 6.43. The van der Waals surface area contributed by atoms with Crippen LogP contribution in [-0.2, 0) is 4.79 Å². The molecular formula is C29H36N6O2. The minimum atomic E-state index is -0.517. The molecule has 2 aliphatic rings. The van der Waals surface area contributed by atoms with Gasteiger partial charge in [0.15, 0.2) is 0 Å². The summed E-state index contributed by atoms with van der Waals surface area (Å²) in [6.07, 6.45) is 9.04. The first-order valence-electron chi connectivity index (χ1n) is 13.4. The molecule has 2 N–H and O–H groups in total. The standard InChI is InChI=1S/C29H36N6O2/c1-21-7-9-22(10-8-21)25-18-27(25)30-15-5-6-26(29(37)34-16-3-2-4-17-34)33-28(36)23-11-13-24(14-12-23)35-19-31-32-20-35/h7-14,19-20,25-27,30H,2-6,15-18H2,1H3,(H,33,36)/t25-,26-,27+/m0/s1. The summed E-state index contributed by atoms with van der Waals surface area (Å²) in [5.41, 5.74) is 4.08. The Morgan fingerprint density at radius 1 is 0.973 bits per heavy atom. The van der Waals surface area contributed by atoms with Gasteiger partial charge in [-0.2, -0.15) is 0 Å². The van der Waals surface area contributed by atoms with Crippen LogP contribution in [-0.4, -0.2) is 63.2 Å². The predicted molar refractivity (Wildman–Crippen MR) is 143 cm³/mol. The molecule has 0 unspecified atom stereocenters. The van der Waals surface area contributed by atoms with Crippen LogP contribution in [0.15, 0.2) is 61.2 Å². The van der Waals surface area contributed by atoms with Gasteiger partial charge in [0, 0.05) is 36.3 Å². The van der Waals surface area contributed by atoms with Crippen molar-refractivity contribution in [1.82, 2.24) is 30.3 Å². The Labute approximate surface area is 218 Å². The fourth-order valence-corrected chi connectivity index (χ4v) is 5.15. The first-order valence-corrected chi connectivity index (χ1v) is 13.4. The van der Waals surface area contributed by atoms with Crippen molar-refractivity contribution in [2.75, 3.05) is 19.6 Å². The van der Waals surface area contributed by atoms with Crippen LogP contribution in [0.25, 0.3) is 5.69 Å². The maximum absolute atomic E-state index is 13.4. The molecule has 1 saturated heterocycles. The van der Waals surface area contributed by atoms with Gasteiger partial charge >= 0.3 is 0 Å². The minimum Gasteiger partial charge on any atom is -0.341 e. The maximum Gasteiger partial charge on any atom is 0.251 e. The van der Waals surface area contributed by atoms with E-state index in [9.17, 15) is 9.59 Å². The molecule has 1 aromatic heterocycles. The summed E-state index contributed by atoms with van der Waals surface area (Å²) in [5.74, 6) is 0.394. The fraction of sp³-hybridized carbons (Fsp3) is 0.448. The van der Waals surface area contributed by atoms with Crippen molar-refractivity contribution in [3.63, 3.8) is 0 Å². The average Bonchev–Trinajstić information content (AvgIpc) is 3.49. The second kappa shape index (κ2) is 11.7. The molecule has 2 amide bonds. The van der Waals surface area contributed by atoms with Gasteiger partial charge in [0.25, 0.3) is 5.91 Å². The summed E-state index contributed by atoms with van der Waals surface area (Å²) >= 11 is 0. The fourth-order valence-electron chi connectivity index (χ4n) is 5.15. The number of rotatable bonds is 10. The van der Waals surface area contributed by atoms with E-state index in [2.05, 4.69) is 52.0 Å². The Bertz CT molecular complexity index is 1170. The van der Waals surface area contributed by atoms with Gasteiger partial charge in [-0.1, -0.05) is 29.8 Å². The van der Waals surface area contributed by atoms with Crippen LogP contribution >= 0.6 is 0 Å². The van der Waals surface area contributed by atoms with Crippen molar-refractivity contribution in [2.24, 2.45) is 0 Å². The molecule has 0 spiro atoms. The van der Waals surface area contributed by atoms with Gasteiger partial charge in [-0.05, 0) is 81.8 Å². The van der Waals surface area contributed by atoms with Crippen molar-refractivity contribution in [3.05, 3.63) is 77.9 Å². The van der Waals surface area contributed by atoms with Crippen LogP contribution < -0.4 is 10.6 Å². The molecule has 8 nitrogen and oxygen atoms in total. The lowest BCUT2D eigenvalue weighted by atomic mass is 10.1. The number of carbonyl (C=O) groups excluding carboxylic acids is 2. The van der Waals surface area contributed by atoms with E-state index in [-0.39, 0.29) is 11.8 Å². The van der Waals surface area contributed by atoms with Gasteiger partial charge in [-0.15, -0.1) is 10.2 Å². The van der Waals surface area contributed by atoms with E-state index < -0.39 is 6.04 Å². The number of nitrogens with zero attached hydrogens (tertiary/aromatic N) is 4. The molecule has 0 bridgehead atoms. The smallest absolute Gasteiger partial charge is 0.251 e. The average molecular weight is 501 g/mol. The van der Waals surface area contributed by atoms with E-state index in [0.717, 1.165) is 57.4 Å². The molecule has 1 aliphatic carbocycles. The summed E-state index contributed by atoms with van der Waals surface area (Å²) in [6.45, 7) is 4.50. The third-order valence-electron chi connectivity index (χ3n) is 7.49. The number of aryl methyl sites for hydroxylation is 1. The van der Waals surface area contributed by atoms with Crippen LogP contribution in [0.3, 0.4) is 0 Å². The predicted octanol–water partition coefficient (Wildman–Crippen LogP) is 3.61. The number of nitrogens with one attached hydrogen (secondary N) is 2.